The number of aliphatic hydroxyl groups is 1. The third-order valence-electron chi connectivity index (χ3n) is 10.3. The minimum absolute atomic E-state index is 0.0827. The fourth-order valence-corrected chi connectivity index (χ4v) is 8.45. The third-order valence-corrected chi connectivity index (χ3v) is 12.5. The first-order valence-electron chi connectivity index (χ1n) is 25.5. The molecule has 2 unspecified atom stereocenters. The number of hydrogen-bond donors (Lipinski definition) is 3. The summed E-state index contributed by atoms with van der Waals surface area (Å²) >= 11 is 0. The highest BCUT2D eigenvalue weighted by Crippen LogP contribution is 2.40. The highest BCUT2D eigenvalue weighted by Gasteiger charge is 2.16. The van der Waals surface area contributed by atoms with E-state index in [1.165, 1.54) is 89.9 Å². The van der Waals surface area contributed by atoms with Gasteiger partial charge < -0.3 is 57.1 Å². The number of aliphatic hydroxyl groups excluding tert-OH is 1. The van der Waals surface area contributed by atoms with Gasteiger partial charge in [-0.1, -0.05) is 142 Å². The largest absolute Gasteiger partial charge is 0.462 e. The van der Waals surface area contributed by atoms with Crippen LogP contribution in [0.5, 0.6) is 0 Å². The Balaban J connectivity index is 4.27. The molecule has 0 saturated heterocycles. The van der Waals surface area contributed by atoms with Crippen molar-refractivity contribution < 1.29 is 56.0 Å². The van der Waals surface area contributed by atoms with Crippen LogP contribution in [-0.4, -0.2) is 108 Å². The Morgan fingerprint density at radius 3 is 1.42 bits per heavy atom. The number of amides is 2. The van der Waals surface area contributed by atoms with Gasteiger partial charge in [0.1, 0.15) is 6.10 Å². The first kappa shape index (κ1) is 63.7. The Labute approximate surface area is 399 Å². The summed E-state index contributed by atoms with van der Waals surface area (Å²) in [4.78, 5) is 25.0. The molecular weight excluding hydrogens is 870 g/mol. The van der Waals surface area contributed by atoms with Gasteiger partial charge in [-0.05, 0) is 44.9 Å². The highest BCUT2D eigenvalue weighted by molar-refractivity contribution is 7.41. The Kier molecular flexibility index (Phi) is 51.1. The molecule has 3 N–H and O–H groups in total. The van der Waals surface area contributed by atoms with Crippen LogP contribution in [-0.2, 0) is 46.1 Å². The number of carbonyl (C=O) groups excluding carboxylic acids is 2. The van der Waals surface area contributed by atoms with Gasteiger partial charge in [-0.25, -0.2) is 4.79 Å². The van der Waals surface area contributed by atoms with Crippen LogP contribution in [0.25, 0.3) is 0 Å². The SMILES string of the molecule is C=CCOP(OCCCOCC[C@H](O)CCCCCCC)OCCNC(=O)NCCOP(OCC=C)OCCCOCC[C@@H](CCCCCCC)OC(=O)CCCCCCCCCCC. The maximum atomic E-state index is 12.7. The summed E-state index contributed by atoms with van der Waals surface area (Å²) in [6.45, 7) is 18.3. The molecular formula is C49H96N2O12P2. The molecule has 0 aliphatic heterocycles. The van der Waals surface area contributed by atoms with Crippen molar-refractivity contribution in [3.8, 4) is 0 Å². The molecule has 0 aliphatic rings. The molecule has 0 aliphatic carbocycles. The standard InChI is InChI=1S/C49H96N2O12P2/c1-6-11-14-17-18-19-20-23-26-31-48(53)63-47(30-25-22-16-13-8-3)33-43-56-39-28-41-60-65(58-37-10-5)62-45-35-51-49(54)50-34-44-61-64(57-36-9-4)59-40-27-38-55-42-32-46(52)29-24-21-15-12-7-2/h9-10,46-47,52H,4-8,11-45H2,1-3H3,(H2,50,51,54)/t46-,47-,64?,65?/m1/s1. The van der Waals surface area contributed by atoms with Crippen LogP contribution in [0, 0.1) is 0 Å². The summed E-state index contributed by atoms with van der Waals surface area (Å²) in [5.74, 6) is -0.0827. The number of ether oxygens (including phenoxy) is 3. The van der Waals surface area contributed by atoms with E-state index in [1.807, 2.05) is 0 Å². The molecule has 0 fully saturated rings. The lowest BCUT2D eigenvalue weighted by molar-refractivity contribution is -0.150. The lowest BCUT2D eigenvalue weighted by Crippen LogP contribution is -2.38. The predicted molar refractivity (Wildman–Crippen MR) is 266 cm³/mol. The number of rotatable bonds is 53. The highest BCUT2D eigenvalue weighted by atomic mass is 31.2. The molecule has 0 aromatic rings. The summed E-state index contributed by atoms with van der Waals surface area (Å²) < 4.78 is 51.9. The molecule has 0 bridgehead atoms. The summed E-state index contributed by atoms with van der Waals surface area (Å²) in [6.07, 6.45) is 30.5. The van der Waals surface area contributed by atoms with Crippen molar-refractivity contribution in [1.29, 1.82) is 0 Å². The minimum atomic E-state index is -1.64. The molecule has 2 amide bonds. The van der Waals surface area contributed by atoms with E-state index >= 15 is 0 Å². The van der Waals surface area contributed by atoms with Gasteiger partial charge in [0.05, 0.1) is 52.4 Å². The van der Waals surface area contributed by atoms with Gasteiger partial charge in [-0.2, -0.15) is 0 Å². The van der Waals surface area contributed by atoms with Crippen molar-refractivity contribution in [2.24, 2.45) is 0 Å². The zero-order chi connectivity index (χ0) is 47.5. The molecule has 0 rings (SSSR count). The van der Waals surface area contributed by atoms with Crippen LogP contribution in [0.15, 0.2) is 25.3 Å². The first-order chi connectivity index (χ1) is 31.9. The smallest absolute Gasteiger partial charge is 0.333 e. The second-order valence-corrected chi connectivity index (χ2v) is 18.8. The fourth-order valence-electron chi connectivity index (χ4n) is 6.51. The third kappa shape index (κ3) is 47.6. The van der Waals surface area contributed by atoms with Gasteiger partial charge in [0.15, 0.2) is 0 Å². The molecule has 0 saturated carbocycles. The zero-order valence-electron chi connectivity index (χ0n) is 41.4. The van der Waals surface area contributed by atoms with E-state index in [2.05, 4.69) is 44.6 Å². The molecule has 384 valence electrons. The summed E-state index contributed by atoms with van der Waals surface area (Å²) in [6, 6.07) is -0.366. The van der Waals surface area contributed by atoms with Crippen LogP contribution in [0.2, 0.25) is 0 Å². The van der Waals surface area contributed by atoms with E-state index in [1.54, 1.807) is 12.2 Å². The van der Waals surface area contributed by atoms with Crippen LogP contribution >= 0.6 is 17.2 Å². The minimum Gasteiger partial charge on any atom is -0.462 e. The van der Waals surface area contributed by atoms with Gasteiger partial charge in [-0.3, -0.25) is 4.79 Å². The quantitative estimate of drug-likeness (QED) is 0.0229. The molecule has 0 heterocycles. The van der Waals surface area contributed by atoms with Crippen molar-refractivity contribution in [2.75, 3.05) is 79.2 Å². The molecule has 14 nitrogen and oxygen atoms in total. The van der Waals surface area contributed by atoms with Gasteiger partial charge >= 0.3 is 29.2 Å². The average molecular weight is 967 g/mol. The monoisotopic (exact) mass is 967 g/mol. The number of unbranched alkanes of at least 4 members (excludes halogenated alkanes) is 16. The molecule has 16 heteroatoms. The second-order valence-electron chi connectivity index (χ2n) is 16.4. The van der Waals surface area contributed by atoms with Crippen molar-refractivity contribution in [1.82, 2.24) is 10.6 Å². The lowest BCUT2D eigenvalue weighted by Gasteiger charge is -2.19. The van der Waals surface area contributed by atoms with Crippen LogP contribution in [0.3, 0.4) is 0 Å². The number of carbonyl (C=O) groups is 2. The lowest BCUT2D eigenvalue weighted by atomic mass is 10.1. The van der Waals surface area contributed by atoms with Crippen LogP contribution in [0.4, 0.5) is 4.79 Å². The van der Waals surface area contributed by atoms with Crippen LogP contribution < -0.4 is 10.6 Å². The van der Waals surface area contributed by atoms with Gasteiger partial charge in [-0.15, -0.1) is 13.2 Å². The van der Waals surface area contributed by atoms with Gasteiger partial charge in [0.25, 0.3) is 0 Å². The van der Waals surface area contributed by atoms with Crippen molar-refractivity contribution in [3.05, 3.63) is 25.3 Å². The molecule has 65 heavy (non-hydrogen) atoms. The Morgan fingerprint density at radius 2 is 0.923 bits per heavy atom. The second kappa shape index (κ2) is 52.1. The summed E-state index contributed by atoms with van der Waals surface area (Å²) in [5, 5.41) is 15.6. The number of esters is 1. The summed E-state index contributed by atoms with van der Waals surface area (Å²) in [7, 11) is -3.25. The number of hydrogen-bond acceptors (Lipinski definition) is 12. The van der Waals surface area contributed by atoms with E-state index in [0.29, 0.717) is 71.7 Å². The normalized spacial score (nSPS) is 13.3. The molecule has 0 radical (unpaired) electrons. The predicted octanol–water partition coefficient (Wildman–Crippen LogP) is 12.7. The van der Waals surface area contributed by atoms with Crippen molar-refractivity contribution in [2.45, 2.75) is 200 Å². The molecule has 0 spiro atoms. The fraction of sp³-hybridized carbons (Fsp3) is 0.878. The number of urea groups is 1. The zero-order valence-corrected chi connectivity index (χ0v) is 43.2. The number of nitrogens with one attached hydrogen (secondary N) is 2. The van der Waals surface area contributed by atoms with Gasteiger partial charge in [0, 0.05) is 45.8 Å². The van der Waals surface area contributed by atoms with E-state index in [9.17, 15) is 14.7 Å². The van der Waals surface area contributed by atoms with E-state index < -0.39 is 17.2 Å². The summed E-state index contributed by atoms with van der Waals surface area (Å²) in [5.41, 5.74) is 0. The Morgan fingerprint density at radius 1 is 0.492 bits per heavy atom. The Bertz CT molecular complexity index is 1050. The van der Waals surface area contributed by atoms with E-state index in [-0.39, 0.29) is 63.7 Å². The van der Waals surface area contributed by atoms with Gasteiger partial charge in [0.2, 0.25) is 0 Å². The maximum Gasteiger partial charge on any atom is 0.333 e. The average Bonchev–Trinajstić information content (AvgIpc) is 3.30. The van der Waals surface area contributed by atoms with Crippen molar-refractivity contribution in [3.63, 3.8) is 0 Å². The van der Waals surface area contributed by atoms with Crippen LogP contribution in [0.1, 0.15) is 188 Å². The van der Waals surface area contributed by atoms with E-state index in [0.717, 1.165) is 44.9 Å². The van der Waals surface area contributed by atoms with E-state index in [4.69, 9.17) is 41.4 Å². The molecule has 0 aromatic heterocycles. The van der Waals surface area contributed by atoms with Crippen molar-refractivity contribution >= 4 is 29.2 Å². The topological polar surface area (TPSA) is 162 Å². The maximum absolute atomic E-state index is 12.7. The first-order valence-corrected chi connectivity index (χ1v) is 27.7. The molecule has 0 aromatic carbocycles. The molecule has 4 atom stereocenters. The Hall–Kier alpha value is -1.28.